The van der Waals surface area contributed by atoms with Gasteiger partial charge >= 0.3 is 5.97 Å². The highest BCUT2D eigenvalue weighted by molar-refractivity contribution is 7.17. The third kappa shape index (κ3) is 5.64. The second-order valence-corrected chi connectivity index (χ2v) is 9.01. The summed E-state index contributed by atoms with van der Waals surface area (Å²) < 4.78 is 1.15. The van der Waals surface area contributed by atoms with E-state index < -0.39 is 11.9 Å². The Morgan fingerprint density at radius 2 is 2.10 bits per heavy atom. The maximum absolute atomic E-state index is 12.6. The van der Waals surface area contributed by atoms with Crippen LogP contribution in [0.3, 0.4) is 0 Å². The highest BCUT2D eigenvalue weighted by atomic mass is 35.5. The molecule has 1 aromatic heterocycles. The molecule has 1 fully saturated rings. The number of piperidine rings is 1. The normalized spacial score (nSPS) is 16.0. The Kier molecular flexibility index (Phi) is 7.69. The van der Waals surface area contributed by atoms with Gasteiger partial charge in [0.2, 0.25) is 11.8 Å². The summed E-state index contributed by atoms with van der Waals surface area (Å²) in [5.74, 6) is -2.24. The minimum atomic E-state index is -1.05. The van der Waals surface area contributed by atoms with Gasteiger partial charge in [0.05, 0.1) is 17.4 Å². The van der Waals surface area contributed by atoms with Crippen LogP contribution in [0.1, 0.15) is 30.4 Å². The van der Waals surface area contributed by atoms with Crippen molar-refractivity contribution in [2.45, 2.75) is 32.2 Å². The van der Waals surface area contributed by atoms with Crippen LogP contribution in [0.5, 0.6) is 0 Å². The molecule has 0 spiro atoms. The summed E-state index contributed by atoms with van der Waals surface area (Å²) >= 11 is 8.12. The summed E-state index contributed by atoms with van der Waals surface area (Å²) in [4.78, 5) is 37.4. The number of hydrogen-bond acceptors (Lipinski definition) is 5. The zero-order chi connectivity index (χ0) is 22.5. The van der Waals surface area contributed by atoms with Gasteiger partial charge < -0.3 is 21.1 Å². The Bertz CT molecular complexity index is 1010. The van der Waals surface area contributed by atoms with E-state index in [2.05, 4.69) is 5.32 Å². The van der Waals surface area contributed by atoms with Crippen LogP contribution in [-0.2, 0) is 14.4 Å². The zero-order valence-electron chi connectivity index (χ0n) is 17.3. The third-order valence-corrected chi connectivity index (χ3v) is 7.12. The molecule has 0 aliphatic carbocycles. The van der Waals surface area contributed by atoms with E-state index in [4.69, 9.17) is 22.4 Å². The van der Waals surface area contributed by atoms with Crippen LogP contribution in [0.25, 0.3) is 16.2 Å². The van der Waals surface area contributed by atoms with Crippen LogP contribution >= 0.6 is 22.9 Å². The van der Waals surface area contributed by atoms with Crippen LogP contribution in [0.2, 0.25) is 5.02 Å². The maximum Gasteiger partial charge on any atom is 0.304 e. The van der Waals surface area contributed by atoms with E-state index in [9.17, 15) is 14.4 Å². The van der Waals surface area contributed by atoms with Crippen molar-refractivity contribution in [2.24, 2.45) is 11.7 Å². The van der Waals surface area contributed by atoms with E-state index in [1.807, 2.05) is 24.4 Å². The van der Waals surface area contributed by atoms with Crippen molar-refractivity contribution < 1.29 is 19.5 Å². The molecule has 0 saturated carbocycles. The predicted molar refractivity (Wildman–Crippen MR) is 123 cm³/mol. The molecule has 1 aliphatic rings. The Morgan fingerprint density at radius 3 is 2.74 bits per heavy atom. The van der Waals surface area contributed by atoms with E-state index in [-0.39, 0.29) is 30.8 Å². The molecule has 1 saturated heterocycles. The summed E-state index contributed by atoms with van der Waals surface area (Å²) in [7, 11) is 0. The molecule has 7 nitrogen and oxygen atoms in total. The topological polar surface area (TPSA) is 113 Å². The fraction of sp³-hybridized carbons (Fsp3) is 0.409. The van der Waals surface area contributed by atoms with Gasteiger partial charge in [0, 0.05) is 36.5 Å². The first-order valence-electron chi connectivity index (χ1n) is 10.2. The lowest BCUT2D eigenvalue weighted by Gasteiger charge is -2.32. The number of carboxylic acid groups (broad SMARTS) is 1. The SMILES string of the molecule is Cc1c(Cl)c(/C=C/C(=O)N2CCC(NC(=O)C(CN)CC(=O)O)CC2)cc2ccsc12. The van der Waals surface area contributed by atoms with Crippen LogP contribution in [-0.4, -0.2) is 53.5 Å². The minimum Gasteiger partial charge on any atom is -0.481 e. The minimum absolute atomic E-state index is 0.0144. The van der Waals surface area contributed by atoms with Crippen molar-refractivity contribution in [1.82, 2.24) is 10.2 Å². The number of amides is 2. The average molecular weight is 464 g/mol. The van der Waals surface area contributed by atoms with Gasteiger partial charge in [-0.25, -0.2) is 0 Å². The number of likely N-dealkylation sites (tertiary alicyclic amines) is 1. The molecule has 0 radical (unpaired) electrons. The number of aryl methyl sites for hydroxylation is 1. The lowest BCUT2D eigenvalue weighted by Crippen LogP contribution is -2.48. The van der Waals surface area contributed by atoms with Crippen molar-refractivity contribution in [3.05, 3.63) is 39.7 Å². The smallest absolute Gasteiger partial charge is 0.304 e. The van der Waals surface area contributed by atoms with Gasteiger partial charge in [0.1, 0.15) is 0 Å². The standard InChI is InChI=1S/C22H26ClN3O4S/c1-13-20(23)14(10-15-6-9-31-21(13)15)2-3-18(27)26-7-4-17(5-8-26)25-22(30)16(12-24)11-19(28)29/h2-3,6,9-10,16-17H,4-5,7-8,11-12,24H2,1H3,(H,25,30)(H,28,29)/b3-2+. The van der Waals surface area contributed by atoms with E-state index in [1.54, 1.807) is 22.3 Å². The van der Waals surface area contributed by atoms with Gasteiger partial charge in [-0.05, 0) is 59.9 Å². The summed E-state index contributed by atoms with van der Waals surface area (Å²) in [6.45, 7) is 2.98. The summed E-state index contributed by atoms with van der Waals surface area (Å²) in [5.41, 5.74) is 7.34. The van der Waals surface area contributed by atoms with Crippen molar-refractivity contribution in [3.8, 4) is 0 Å². The number of halogens is 1. The maximum atomic E-state index is 12.6. The number of hydrogen-bond donors (Lipinski definition) is 3. The number of fused-ring (bicyclic) bond motifs is 1. The molecule has 1 aliphatic heterocycles. The second-order valence-electron chi connectivity index (χ2n) is 7.72. The van der Waals surface area contributed by atoms with Crippen LogP contribution < -0.4 is 11.1 Å². The summed E-state index contributed by atoms with van der Waals surface area (Å²) in [6.07, 6.45) is 4.21. The molecule has 0 bridgehead atoms. The number of rotatable bonds is 7. The zero-order valence-corrected chi connectivity index (χ0v) is 18.8. The van der Waals surface area contributed by atoms with E-state index in [0.29, 0.717) is 31.0 Å². The van der Waals surface area contributed by atoms with Crippen LogP contribution in [0.4, 0.5) is 0 Å². The molecular formula is C22H26ClN3O4S. The van der Waals surface area contributed by atoms with Gasteiger partial charge in [-0.3, -0.25) is 14.4 Å². The van der Waals surface area contributed by atoms with Crippen LogP contribution in [0.15, 0.2) is 23.6 Å². The number of benzene rings is 1. The largest absolute Gasteiger partial charge is 0.481 e. The number of nitrogens with one attached hydrogen (secondary N) is 1. The quantitative estimate of drug-likeness (QED) is 0.546. The van der Waals surface area contributed by atoms with Gasteiger partial charge in [0.25, 0.3) is 0 Å². The molecule has 166 valence electrons. The van der Waals surface area contributed by atoms with Crippen molar-refractivity contribution in [3.63, 3.8) is 0 Å². The lowest BCUT2D eigenvalue weighted by molar-refractivity contribution is -0.141. The Morgan fingerprint density at radius 1 is 1.39 bits per heavy atom. The molecule has 1 atom stereocenters. The van der Waals surface area contributed by atoms with Gasteiger partial charge in [-0.1, -0.05) is 11.6 Å². The van der Waals surface area contributed by atoms with E-state index in [0.717, 1.165) is 21.2 Å². The first kappa shape index (κ1) is 23.2. The molecular weight excluding hydrogens is 438 g/mol. The molecule has 2 amide bonds. The van der Waals surface area contributed by atoms with Gasteiger partial charge in [0.15, 0.2) is 0 Å². The first-order valence-corrected chi connectivity index (χ1v) is 11.4. The van der Waals surface area contributed by atoms with Gasteiger partial charge in [-0.2, -0.15) is 0 Å². The molecule has 9 heteroatoms. The van der Waals surface area contributed by atoms with Crippen molar-refractivity contribution >= 4 is 56.9 Å². The highest BCUT2D eigenvalue weighted by Gasteiger charge is 2.26. The Labute approximate surface area is 189 Å². The molecule has 2 heterocycles. The number of nitrogens with zero attached hydrogens (tertiary/aromatic N) is 1. The predicted octanol–water partition coefficient (Wildman–Crippen LogP) is 3.03. The third-order valence-electron chi connectivity index (χ3n) is 5.56. The molecule has 1 aromatic carbocycles. The van der Waals surface area contributed by atoms with Crippen LogP contribution in [0, 0.1) is 12.8 Å². The number of carboxylic acids is 1. The monoisotopic (exact) mass is 463 g/mol. The molecule has 3 rings (SSSR count). The number of carbonyl (C=O) groups excluding carboxylic acids is 2. The lowest BCUT2D eigenvalue weighted by atomic mass is 10.0. The Hall–Kier alpha value is -2.42. The van der Waals surface area contributed by atoms with E-state index >= 15 is 0 Å². The highest BCUT2D eigenvalue weighted by Crippen LogP contribution is 2.33. The first-order chi connectivity index (χ1) is 14.8. The van der Waals surface area contributed by atoms with E-state index in [1.165, 1.54) is 6.08 Å². The number of nitrogens with two attached hydrogens (primary N) is 1. The Balaban J connectivity index is 1.55. The number of carbonyl (C=O) groups is 3. The fourth-order valence-electron chi connectivity index (χ4n) is 3.73. The number of thiophene rings is 1. The van der Waals surface area contributed by atoms with Crippen molar-refractivity contribution in [2.75, 3.05) is 19.6 Å². The van der Waals surface area contributed by atoms with Gasteiger partial charge in [-0.15, -0.1) is 11.3 Å². The van der Waals surface area contributed by atoms with Crippen molar-refractivity contribution in [1.29, 1.82) is 0 Å². The number of aliphatic carboxylic acids is 1. The molecule has 31 heavy (non-hydrogen) atoms. The fourth-order valence-corrected chi connectivity index (χ4v) is 4.89. The molecule has 2 aromatic rings. The summed E-state index contributed by atoms with van der Waals surface area (Å²) in [6, 6.07) is 3.92. The average Bonchev–Trinajstić information content (AvgIpc) is 3.22. The summed E-state index contributed by atoms with van der Waals surface area (Å²) in [5, 5.41) is 15.5. The molecule has 1 unspecified atom stereocenters. The molecule has 4 N–H and O–H groups in total. The second kappa shape index (κ2) is 10.3.